The Hall–Kier alpha value is -0.770. The molecule has 0 spiro atoms. The Bertz CT molecular complexity index is 448. The summed E-state index contributed by atoms with van der Waals surface area (Å²) >= 11 is 1.97. The molecule has 0 fully saturated rings. The Morgan fingerprint density at radius 1 is 1.14 bits per heavy atom. The van der Waals surface area contributed by atoms with Gasteiger partial charge in [-0.3, -0.25) is 0 Å². The van der Waals surface area contributed by atoms with Gasteiger partial charge in [0.05, 0.1) is 5.75 Å². The first-order valence-electron chi connectivity index (χ1n) is 8.48. The van der Waals surface area contributed by atoms with Gasteiger partial charge in [0.2, 0.25) is 0 Å². The minimum Gasteiger partial charge on any atom is -0.370 e. The number of thioether (sulfide) groups is 1. The van der Waals surface area contributed by atoms with E-state index in [2.05, 4.69) is 26.1 Å². The number of nitrogens with one attached hydrogen (secondary N) is 1. The Morgan fingerprint density at radius 3 is 2.71 bits per heavy atom. The molecule has 1 aromatic heterocycles. The standard InChI is InChI=1S/C17H29N3S/c1-4-11-18-17-14-9-7-6-8-10-15(14)19-16(20-17)12-21-13(3)5-2/h13H,4-12H2,1-3H3,(H,18,19,20). The molecule has 118 valence electrons. The summed E-state index contributed by atoms with van der Waals surface area (Å²) in [6.45, 7) is 7.72. The van der Waals surface area contributed by atoms with E-state index in [1.807, 2.05) is 11.8 Å². The van der Waals surface area contributed by atoms with E-state index in [9.17, 15) is 0 Å². The smallest absolute Gasteiger partial charge is 0.140 e. The molecule has 0 saturated heterocycles. The molecule has 4 heteroatoms. The molecular weight excluding hydrogens is 278 g/mol. The summed E-state index contributed by atoms with van der Waals surface area (Å²) < 4.78 is 0. The first kappa shape index (κ1) is 16.6. The molecule has 0 radical (unpaired) electrons. The summed E-state index contributed by atoms with van der Waals surface area (Å²) in [5.74, 6) is 3.06. The molecule has 0 aliphatic heterocycles. The van der Waals surface area contributed by atoms with Crippen LogP contribution in [0.3, 0.4) is 0 Å². The Balaban J connectivity index is 2.19. The van der Waals surface area contributed by atoms with E-state index in [1.54, 1.807) is 0 Å². The zero-order valence-electron chi connectivity index (χ0n) is 13.7. The lowest BCUT2D eigenvalue weighted by atomic mass is 10.1. The van der Waals surface area contributed by atoms with Crippen LogP contribution in [-0.4, -0.2) is 21.8 Å². The third kappa shape index (κ3) is 4.87. The fraction of sp³-hybridized carbons (Fsp3) is 0.765. The van der Waals surface area contributed by atoms with Gasteiger partial charge in [0, 0.05) is 23.1 Å². The van der Waals surface area contributed by atoms with Crippen molar-refractivity contribution in [3.63, 3.8) is 0 Å². The number of fused-ring (bicyclic) bond motifs is 1. The van der Waals surface area contributed by atoms with Crippen molar-refractivity contribution < 1.29 is 0 Å². The van der Waals surface area contributed by atoms with Crippen molar-refractivity contribution in [2.24, 2.45) is 0 Å². The monoisotopic (exact) mass is 307 g/mol. The molecule has 3 nitrogen and oxygen atoms in total. The molecule has 0 amide bonds. The van der Waals surface area contributed by atoms with E-state index in [0.717, 1.165) is 43.2 Å². The van der Waals surface area contributed by atoms with E-state index in [4.69, 9.17) is 9.97 Å². The van der Waals surface area contributed by atoms with E-state index >= 15 is 0 Å². The van der Waals surface area contributed by atoms with Gasteiger partial charge in [0.15, 0.2) is 0 Å². The number of aryl methyl sites for hydroxylation is 1. The number of anilines is 1. The van der Waals surface area contributed by atoms with Crippen molar-refractivity contribution in [2.45, 2.75) is 76.7 Å². The lowest BCUT2D eigenvalue weighted by molar-refractivity contribution is 0.708. The quantitative estimate of drug-likeness (QED) is 0.747. The summed E-state index contributed by atoms with van der Waals surface area (Å²) in [4.78, 5) is 9.70. The maximum Gasteiger partial charge on any atom is 0.140 e. The maximum absolute atomic E-state index is 4.88. The molecule has 1 aliphatic carbocycles. The molecule has 0 saturated carbocycles. The molecule has 1 heterocycles. The topological polar surface area (TPSA) is 37.8 Å². The molecule has 2 rings (SSSR count). The second-order valence-electron chi connectivity index (χ2n) is 5.93. The Labute approximate surface area is 133 Å². The Morgan fingerprint density at radius 2 is 1.95 bits per heavy atom. The molecule has 1 N–H and O–H groups in total. The number of aromatic nitrogens is 2. The number of nitrogens with zero attached hydrogens (tertiary/aromatic N) is 2. The van der Waals surface area contributed by atoms with Crippen molar-refractivity contribution in [3.05, 3.63) is 17.1 Å². The highest BCUT2D eigenvalue weighted by Gasteiger charge is 2.16. The van der Waals surface area contributed by atoms with Crippen molar-refractivity contribution in [1.29, 1.82) is 0 Å². The molecule has 1 aromatic rings. The molecular formula is C17H29N3S. The van der Waals surface area contributed by atoms with Crippen LogP contribution < -0.4 is 5.32 Å². The first-order valence-corrected chi connectivity index (χ1v) is 9.53. The predicted octanol–water partition coefficient (Wildman–Crippen LogP) is 4.60. The van der Waals surface area contributed by atoms with Crippen molar-refractivity contribution in [1.82, 2.24) is 9.97 Å². The van der Waals surface area contributed by atoms with Crippen LogP contribution in [0.15, 0.2) is 0 Å². The number of hydrogen-bond donors (Lipinski definition) is 1. The van der Waals surface area contributed by atoms with Crippen LogP contribution in [0.2, 0.25) is 0 Å². The average Bonchev–Trinajstić information content (AvgIpc) is 2.75. The summed E-state index contributed by atoms with van der Waals surface area (Å²) in [6.07, 6.45) is 8.47. The molecule has 1 aliphatic rings. The van der Waals surface area contributed by atoms with Crippen LogP contribution in [0, 0.1) is 0 Å². The van der Waals surface area contributed by atoms with Gasteiger partial charge in [0.25, 0.3) is 0 Å². The van der Waals surface area contributed by atoms with Crippen molar-refractivity contribution in [2.75, 3.05) is 11.9 Å². The third-order valence-corrected chi connectivity index (χ3v) is 5.42. The Kier molecular flexibility index (Phi) is 6.81. The summed E-state index contributed by atoms with van der Waals surface area (Å²) in [5.41, 5.74) is 2.69. The van der Waals surface area contributed by atoms with E-state index in [0.29, 0.717) is 5.25 Å². The molecule has 21 heavy (non-hydrogen) atoms. The lowest BCUT2D eigenvalue weighted by Crippen LogP contribution is -2.12. The van der Waals surface area contributed by atoms with Gasteiger partial charge in [-0.25, -0.2) is 9.97 Å². The van der Waals surface area contributed by atoms with Crippen LogP contribution >= 0.6 is 11.8 Å². The van der Waals surface area contributed by atoms with Crippen LogP contribution in [0.5, 0.6) is 0 Å². The summed E-state index contributed by atoms with van der Waals surface area (Å²) in [7, 11) is 0. The minimum absolute atomic E-state index is 0.680. The van der Waals surface area contributed by atoms with Gasteiger partial charge in [-0.2, -0.15) is 11.8 Å². The molecule has 1 atom stereocenters. The van der Waals surface area contributed by atoms with E-state index in [-0.39, 0.29) is 0 Å². The fourth-order valence-electron chi connectivity index (χ4n) is 2.61. The van der Waals surface area contributed by atoms with Crippen LogP contribution in [0.1, 0.15) is 70.0 Å². The summed E-state index contributed by atoms with van der Waals surface area (Å²) in [6, 6.07) is 0. The van der Waals surface area contributed by atoms with Crippen LogP contribution in [0.25, 0.3) is 0 Å². The average molecular weight is 308 g/mol. The fourth-order valence-corrected chi connectivity index (χ4v) is 3.41. The highest BCUT2D eigenvalue weighted by atomic mass is 32.2. The van der Waals surface area contributed by atoms with Gasteiger partial charge in [-0.05, 0) is 38.5 Å². The molecule has 1 unspecified atom stereocenters. The van der Waals surface area contributed by atoms with Gasteiger partial charge < -0.3 is 5.32 Å². The van der Waals surface area contributed by atoms with Gasteiger partial charge in [-0.1, -0.05) is 27.2 Å². The van der Waals surface area contributed by atoms with E-state index < -0.39 is 0 Å². The second-order valence-corrected chi connectivity index (χ2v) is 7.36. The summed E-state index contributed by atoms with van der Waals surface area (Å²) in [5, 5.41) is 4.21. The van der Waals surface area contributed by atoms with Gasteiger partial charge >= 0.3 is 0 Å². The zero-order valence-corrected chi connectivity index (χ0v) is 14.6. The second kappa shape index (κ2) is 8.62. The third-order valence-electron chi connectivity index (χ3n) is 4.09. The highest BCUT2D eigenvalue weighted by molar-refractivity contribution is 7.99. The number of rotatable bonds is 7. The van der Waals surface area contributed by atoms with Gasteiger partial charge in [-0.15, -0.1) is 0 Å². The predicted molar refractivity (Wildman–Crippen MR) is 93.1 cm³/mol. The van der Waals surface area contributed by atoms with E-state index in [1.165, 1.54) is 36.9 Å². The lowest BCUT2D eigenvalue weighted by Gasteiger charge is -2.15. The van der Waals surface area contributed by atoms with Crippen molar-refractivity contribution in [3.8, 4) is 0 Å². The molecule has 0 aromatic carbocycles. The largest absolute Gasteiger partial charge is 0.370 e. The normalized spacial score (nSPS) is 16.1. The highest BCUT2D eigenvalue weighted by Crippen LogP contribution is 2.26. The van der Waals surface area contributed by atoms with Crippen molar-refractivity contribution >= 4 is 17.6 Å². The first-order chi connectivity index (χ1) is 10.2. The SMILES string of the molecule is CCCNc1nc(CSC(C)CC)nc2c1CCCCC2. The van der Waals surface area contributed by atoms with Gasteiger partial charge in [0.1, 0.15) is 11.6 Å². The minimum atomic E-state index is 0.680. The maximum atomic E-state index is 4.88. The van der Waals surface area contributed by atoms with Crippen LogP contribution in [-0.2, 0) is 18.6 Å². The zero-order chi connectivity index (χ0) is 15.1. The molecule has 0 bridgehead atoms. The van der Waals surface area contributed by atoms with Crippen LogP contribution in [0.4, 0.5) is 5.82 Å². The number of hydrogen-bond acceptors (Lipinski definition) is 4.